The molecule has 0 radical (unpaired) electrons. The van der Waals surface area contributed by atoms with Crippen molar-refractivity contribution in [1.82, 2.24) is 14.7 Å². The Kier molecular flexibility index (Phi) is 4.45. The number of rotatable bonds is 4. The molecule has 0 aliphatic carbocycles. The monoisotopic (exact) mass is 327 g/mol. The summed E-state index contributed by atoms with van der Waals surface area (Å²) in [5, 5.41) is 4.73. The lowest BCUT2D eigenvalue weighted by Crippen LogP contribution is -2.35. The maximum Gasteiger partial charge on any atom is 0.323 e. The molecule has 3 rings (SSSR count). The van der Waals surface area contributed by atoms with Crippen molar-refractivity contribution in [3.8, 4) is 5.69 Å². The van der Waals surface area contributed by atoms with Crippen LogP contribution in [-0.2, 0) is 16.1 Å². The predicted octanol–water partition coefficient (Wildman–Crippen LogP) is 2.93. The van der Waals surface area contributed by atoms with Crippen LogP contribution >= 0.6 is 0 Å². The Morgan fingerprint density at radius 2 is 2.00 bits per heavy atom. The minimum Gasteiger partial charge on any atom is -0.461 e. The van der Waals surface area contributed by atoms with Crippen LogP contribution in [0, 0.1) is 20.8 Å². The van der Waals surface area contributed by atoms with Gasteiger partial charge in [-0.15, -0.1) is 0 Å². The minimum absolute atomic E-state index is 0.00170. The molecule has 1 aromatic carbocycles. The number of nitrogens with zero attached hydrogens (tertiary/aromatic N) is 3. The second-order valence-electron chi connectivity index (χ2n) is 6.76. The Bertz CT molecular complexity index is 766. The predicted molar refractivity (Wildman–Crippen MR) is 93.2 cm³/mol. The number of carbonyl (C=O) groups is 1. The summed E-state index contributed by atoms with van der Waals surface area (Å²) < 4.78 is 7.29. The molecule has 0 amide bonds. The highest BCUT2D eigenvalue weighted by Crippen LogP contribution is 2.24. The van der Waals surface area contributed by atoms with Crippen molar-refractivity contribution < 1.29 is 9.53 Å². The van der Waals surface area contributed by atoms with Crippen LogP contribution < -0.4 is 0 Å². The van der Waals surface area contributed by atoms with Crippen LogP contribution in [0.15, 0.2) is 24.3 Å². The summed E-state index contributed by atoms with van der Waals surface area (Å²) in [5.41, 5.74) is 5.58. The van der Waals surface area contributed by atoms with E-state index in [1.807, 2.05) is 37.7 Å². The van der Waals surface area contributed by atoms with E-state index in [1.165, 1.54) is 11.1 Å². The molecule has 5 heteroatoms. The summed E-state index contributed by atoms with van der Waals surface area (Å²) in [4.78, 5) is 14.0. The van der Waals surface area contributed by atoms with Crippen molar-refractivity contribution in [3.05, 3.63) is 46.8 Å². The van der Waals surface area contributed by atoms with E-state index in [-0.39, 0.29) is 18.1 Å². The summed E-state index contributed by atoms with van der Waals surface area (Å²) in [5.74, 6) is -0.119. The molecule has 24 heavy (non-hydrogen) atoms. The molecule has 1 aliphatic rings. The molecule has 0 spiro atoms. The van der Waals surface area contributed by atoms with Crippen molar-refractivity contribution in [2.24, 2.45) is 0 Å². The third kappa shape index (κ3) is 2.96. The average molecular weight is 327 g/mol. The van der Waals surface area contributed by atoms with E-state index in [0.29, 0.717) is 6.54 Å². The topological polar surface area (TPSA) is 47.4 Å². The zero-order valence-corrected chi connectivity index (χ0v) is 15.0. The van der Waals surface area contributed by atoms with Gasteiger partial charge in [0.2, 0.25) is 0 Å². The first kappa shape index (κ1) is 16.7. The van der Waals surface area contributed by atoms with Gasteiger partial charge in [0.05, 0.1) is 11.4 Å². The largest absolute Gasteiger partial charge is 0.461 e. The van der Waals surface area contributed by atoms with E-state index in [9.17, 15) is 4.79 Å². The number of likely N-dealkylation sites (N-methyl/N-ethyl adjacent to an activating group) is 1. The van der Waals surface area contributed by atoms with Crippen molar-refractivity contribution >= 4 is 5.97 Å². The van der Waals surface area contributed by atoms with Crippen LogP contribution in [0.5, 0.6) is 0 Å². The van der Waals surface area contributed by atoms with Gasteiger partial charge in [0.15, 0.2) is 0 Å². The zero-order chi connectivity index (χ0) is 17.4. The molecule has 128 valence electrons. The van der Waals surface area contributed by atoms with Crippen LogP contribution in [0.2, 0.25) is 0 Å². The van der Waals surface area contributed by atoms with Crippen LogP contribution in [0.1, 0.15) is 35.9 Å². The molecule has 1 aliphatic heterocycles. The van der Waals surface area contributed by atoms with E-state index in [4.69, 9.17) is 9.84 Å². The van der Waals surface area contributed by atoms with Crippen molar-refractivity contribution in [3.63, 3.8) is 0 Å². The molecule has 2 heterocycles. The summed E-state index contributed by atoms with van der Waals surface area (Å²) in [6.07, 6.45) is 0.751. The highest BCUT2D eigenvalue weighted by atomic mass is 16.6. The summed E-state index contributed by atoms with van der Waals surface area (Å²) in [6, 6.07) is 8.07. The SMILES string of the molecule is Cc1ccccc1-n1nc(C)c(CN(C)C2CC(C)OC2=O)c1C. The number of cyclic esters (lactones) is 1. The van der Waals surface area contributed by atoms with Crippen molar-refractivity contribution in [2.75, 3.05) is 7.05 Å². The van der Waals surface area contributed by atoms with Crippen molar-refractivity contribution in [1.29, 1.82) is 0 Å². The highest BCUT2D eigenvalue weighted by molar-refractivity contribution is 5.77. The number of hydrogen-bond donors (Lipinski definition) is 0. The van der Waals surface area contributed by atoms with Gasteiger partial charge in [0.25, 0.3) is 0 Å². The molecule has 2 aromatic rings. The smallest absolute Gasteiger partial charge is 0.323 e. The number of para-hydroxylation sites is 1. The summed E-state index contributed by atoms with van der Waals surface area (Å²) in [7, 11) is 1.98. The molecule has 0 N–H and O–H groups in total. The lowest BCUT2D eigenvalue weighted by molar-refractivity contribution is -0.144. The zero-order valence-electron chi connectivity index (χ0n) is 15.0. The first-order valence-electron chi connectivity index (χ1n) is 8.40. The van der Waals surface area contributed by atoms with Gasteiger partial charge in [0, 0.05) is 24.2 Å². The molecule has 2 atom stereocenters. The third-order valence-corrected chi connectivity index (χ3v) is 4.87. The Morgan fingerprint density at radius 3 is 2.62 bits per heavy atom. The van der Waals surface area contributed by atoms with E-state index in [2.05, 4.69) is 30.9 Å². The normalized spacial score (nSPS) is 20.7. The van der Waals surface area contributed by atoms with E-state index in [1.54, 1.807) is 0 Å². The number of benzene rings is 1. The maximum absolute atomic E-state index is 12.0. The summed E-state index contributed by atoms with van der Waals surface area (Å²) in [6.45, 7) is 8.84. The van der Waals surface area contributed by atoms with Crippen LogP contribution in [0.3, 0.4) is 0 Å². The molecule has 1 saturated heterocycles. The first-order chi connectivity index (χ1) is 11.4. The Hall–Kier alpha value is -2.14. The maximum atomic E-state index is 12.0. The standard InChI is InChI=1S/C19H25N3O2/c1-12-8-6-7-9-17(12)22-15(4)16(14(3)20-22)11-21(5)18-10-13(2)24-19(18)23/h6-9,13,18H,10-11H2,1-5H3. The van der Waals surface area contributed by atoms with Crippen LogP contribution in [0.4, 0.5) is 0 Å². The van der Waals surface area contributed by atoms with E-state index < -0.39 is 0 Å². The molecule has 0 bridgehead atoms. The quantitative estimate of drug-likeness (QED) is 0.810. The van der Waals surface area contributed by atoms with Gasteiger partial charge in [-0.1, -0.05) is 18.2 Å². The van der Waals surface area contributed by atoms with Gasteiger partial charge >= 0.3 is 5.97 Å². The van der Waals surface area contributed by atoms with E-state index >= 15 is 0 Å². The molecular weight excluding hydrogens is 302 g/mol. The Labute approximate surface area is 143 Å². The molecule has 0 saturated carbocycles. The molecular formula is C19H25N3O2. The summed E-state index contributed by atoms with van der Waals surface area (Å²) >= 11 is 0. The Morgan fingerprint density at radius 1 is 1.29 bits per heavy atom. The minimum atomic E-state index is -0.166. The average Bonchev–Trinajstić information content (AvgIpc) is 3.01. The van der Waals surface area contributed by atoms with E-state index in [0.717, 1.165) is 23.5 Å². The number of hydrogen-bond acceptors (Lipinski definition) is 4. The fraction of sp³-hybridized carbons (Fsp3) is 0.474. The fourth-order valence-corrected chi connectivity index (χ4v) is 3.39. The van der Waals surface area contributed by atoms with Crippen molar-refractivity contribution in [2.45, 2.75) is 52.8 Å². The number of carbonyl (C=O) groups excluding carboxylic acids is 1. The molecule has 2 unspecified atom stereocenters. The van der Waals surface area contributed by atoms with Crippen LogP contribution in [-0.4, -0.2) is 39.8 Å². The van der Waals surface area contributed by atoms with Gasteiger partial charge in [-0.05, 0) is 46.4 Å². The Balaban J connectivity index is 1.87. The van der Waals surface area contributed by atoms with Gasteiger partial charge in [-0.25, -0.2) is 4.68 Å². The van der Waals surface area contributed by atoms with Gasteiger partial charge < -0.3 is 4.74 Å². The molecule has 1 aromatic heterocycles. The van der Waals surface area contributed by atoms with Gasteiger partial charge in [-0.2, -0.15) is 5.10 Å². The van der Waals surface area contributed by atoms with Gasteiger partial charge in [-0.3, -0.25) is 9.69 Å². The second-order valence-corrected chi connectivity index (χ2v) is 6.76. The lowest BCUT2D eigenvalue weighted by Gasteiger charge is -2.21. The number of aromatic nitrogens is 2. The first-order valence-corrected chi connectivity index (χ1v) is 8.40. The number of esters is 1. The fourth-order valence-electron chi connectivity index (χ4n) is 3.39. The molecule has 1 fully saturated rings. The highest BCUT2D eigenvalue weighted by Gasteiger charge is 2.35. The number of aryl methyl sites for hydroxylation is 2. The van der Waals surface area contributed by atoms with Gasteiger partial charge in [0.1, 0.15) is 12.1 Å². The molecule has 5 nitrogen and oxygen atoms in total. The van der Waals surface area contributed by atoms with Crippen LogP contribution in [0.25, 0.3) is 5.69 Å². The lowest BCUT2D eigenvalue weighted by atomic mass is 10.1. The third-order valence-electron chi connectivity index (χ3n) is 4.87. The number of ether oxygens (including phenoxy) is 1. The second kappa shape index (κ2) is 6.40.